The Bertz CT molecular complexity index is 1350. The zero-order valence-electron chi connectivity index (χ0n) is 17.6. The highest BCUT2D eigenvalue weighted by Crippen LogP contribution is 2.33. The molecule has 1 aromatic carbocycles. The monoisotopic (exact) mass is 405 g/mol. The first-order valence-corrected chi connectivity index (χ1v) is 10.3. The van der Waals surface area contributed by atoms with Crippen molar-refractivity contribution in [3.05, 3.63) is 90.5 Å². The lowest BCUT2D eigenvalue weighted by molar-refractivity contribution is 0.818. The van der Waals surface area contributed by atoms with Gasteiger partial charge in [0.05, 0.1) is 11.4 Å². The molecule has 0 aliphatic heterocycles. The number of nitrogens with zero attached hydrogens (tertiary/aromatic N) is 3. The van der Waals surface area contributed by atoms with Crippen LogP contribution in [0.4, 0.5) is 0 Å². The van der Waals surface area contributed by atoms with Gasteiger partial charge in [0, 0.05) is 47.3 Å². The lowest BCUT2D eigenvalue weighted by atomic mass is 9.99. The summed E-state index contributed by atoms with van der Waals surface area (Å²) in [7, 11) is 1.96. The van der Waals surface area contributed by atoms with Crippen molar-refractivity contribution < 1.29 is 0 Å². The quantitative estimate of drug-likeness (QED) is 0.412. The molecule has 4 heterocycles. The van der Waals surface area contributed by atoms with E-state index in [1.54, 1.807) is 0 Å². The van der Waals surface area contributed by atoms with Gasteiger partial charge in [-0.1, -0.05) is 30.3 Å². The van der Waals surface area contributed by atoms with Crippen LogP contribution in [0, 0.1) is 6.92 Å². The van der Waals surface area contributed by atoms with Crippen LogP contribution in [-0.4, -0.2) is 27.0 Å². The summed E-state index contributed by atoms with van der Waals surface area (Å²) in [6.07, 6.45) is 5.75. The second kappa shape index (κ2) is 8.13. The number of aromatic amines is 1. The van der Waals surface area contributed by atoms with E-state index in [0.29, 0.717) is 0 Å². The minimum Gasteiger partial charge on any atom is -0.346 e. The summed E-state index contributed by atoms with van der Waals surface area (Å²) in [6, 6.07) is 20.9. The molecule has 2 N–H and O–H groups in total. The second-order valence-corrected chi connectivity index (χ2v) is 7.65. The van der Waals surface area contributed by atoms with Crippen molar-refractivity contribution in [1.82, 2.24) is 25.3 Å². The van der Waals surface area contributed by atoms with Crippen LogP contribution < -0.4 is 5.32 Å². The zero-order valence-corrected chi connectivity index (χ0v) is 17.6. The summed E-state index contributed by atoms with van der Waals surface area (Å²) in [6.45, 7) is 2.85. The highest BCUT2D eigenvalue weighted by atomic mass is 14.9. The van der Waals surface area contributed by atoms with Gasteiger partial charge < -0.3 is 10.3 Å². The molecule has 0 saturated heterocycles. The maximum Gasteiger partial charge on any atom is 0.138 e. The predicted octanol–water partition coefficient (Wildman–Crippen LogP) is 5.38. The smallest absolute Gasteiger partial charge is 0.138 e. The van der Waals surface area contributed by atoms with Gasteiger partial charge in [-0.05, 0) is 61.0 Å². The summed E-state index contributed by atoms with van der Waals surface area (Å²) in [5.74, 6) is 0. The van der Waals surface area contributed by atoms with Crippen LogP contribution in [0.2, 0.25) is 0 Å². The van der Waals surface area contributed by atoms with Crippen molar-refractivity contribution in [2.24, 2.45) is 0 Å². The average Bonchev–Trinajstić information content (AvgIpc) is 3.28. The first kappa shape index (κ1) is 19.2. The second-order valence-electron chi connectivity index (χ2n) is 7.65. The van der Waals surface area contributed by atoms with Crippen molar-refractivity contribution in [1.29, 1.82) is 0 Å². The van der Waals surface area contributed by atoms with Crippen LogP contribution in [0.3, 0.4) is 0 Å². The summed E-state index contributed by atoms with van der Waals surface area (Å²) in [4.78, 5) is 17.3. The molecule has 0 radical (unpaired) electrons. The van der Waals surface area contributed by atoms with E-state index in [1.807, 2.05) is 50.8 Å². The van der Waals surface area contributed by atoms with E-state index in [0.717, 1.165) is 56.9 Å². The number of nitrogens with one attached hydrogen (secondary N) is 2. The Kier molecular flexibility index (Phi) is 5.02. The summed E-state index contributed by atoms with van der Waals surface area (Å²) in [5, 5.41) is 4.25. The van der Waals surface area contributed by atoms with E-state index in [-0.39, 0.29) is 0 Å². The third-order valence-corrected chi connectivity index (χ3v) is 5.40. The maximum absolute atomic E-state index is 4.80. The first-order chi connectivity index (χ1) is 15.2. The molecule has 5 rings (SSSR count). The van der Waals surface area contributed by atoms with Crippen molar-refractivity contribution in [3.63, 3.8) is 0 Å². The van der Waals surface area contributed by atoms with Gasteiger partial charge in [-0.25, -0.2) is 4.98 Å². The number of H-pyrrole nitrogens is 1. The number of pyridine rings is 3. The number of benzene rings is 1. The van der Waals surface area contributed by atoms with Gasteiger partial charge in [-0.15, -0.1) is 0 Å². The molecule has 0 bridgehead atoms. The summed E-state index contributed by atoms with van der Waals surface area (Å²) < 4.78 is 0. The van der Waals surface area contributed by atoms with Crippen molar-refractivity contribution in [2.45, 2.75) is 13.5 Å². The lowest BCUT2D eigenvalue weighted by Crippen LogP contribution is -2.04. The van der Waals surface area contributed by atoms with Crippen LogP contribution in [0.15, 0.2) is 79.3 Å². The molecule has 0 atom stereocenters. The van der Waals surface area contributed by atoms with E-state index in [2.05, 4.69) is 62.7 Å². The molecule has 0 unspecified atom stereocenters. The molecule has 152 valence electrons. The lowest BCUT2D eigenvalue weighted by Gasteiger charge is -2.10. The topological polar surface area (TPSA) is 66.5 Å². The maximum atomic E-state index is 4.80. The van der Waals surface area contributed by atoms with Crippen LogP contribution in [0.5, 0.6) is 0 Å². The van der Waals surface area contributed by atoms with Gasteiger partial charge >= 0.3 is 0 Å². The van der Waals surface area contributed by atoms with E-state index < -0.39 is 0 Å². The largest absolute Gasteiger partial charge is 0.346 e. The van der Waals surface area contributed by atoms with E-state index in [1.165, 1.54) is 5.56 Å². The minimum absolute atomic E-state index is 0.843. The Morgan fingerprint density at radius 2 is 1.68 bits per heavy atom. The first-order valence-electron chi connectivity index (χ1n) is 10.3. The Labute approximate surface area is 181 Å². The Morgan fingerprint density at radius 3 is 2.48 bits per heavy atom. The summed E-state index contributed by atoms with van der Waals surface area (Å²) in [5.41, 5.74) is 9.16. The predicted molar refractivity (Wildman–Crippen MR) is 125 cm³/mol. The number of rotatable bonds is 5. The fourth-order valence-corrected chi connectivity index (χ4v) is 3.86. The number of hydrogen-bond donors (Lipinski definition) is 2. The Morgan fingerprint density at radius 1 is 0.839 bits per heavy atom. The molecule has 5 aromatic rings. The average molecular weight is 406 g/mol. The molecular formula is C26H23N5. The molecule has 0 fully saturated rings. The fraction of sp³-hybridized carbons (Fsp3) is 0.115. The fourth-order valence-electron chi connectivity index (χ4n) is 3.86. The normalized spacial score (nSPS) is 11.2. The van der Waals surface area contributed by atoms with E-state index in [9.17, 15) is 0 Å². The number of aryl methyl sites for hydroxylation is 1. The van der Waals surface area contributed by atoms with Crippen LogP contribution in [0.1, 0.15) is 11.3 Å². The Balaban J connectivity index is 1.61. The molecular weight excluding hydrogens is 382 g/mol. The zero-order chi connectivity index (χ0) is 21.2. The molecule has 0 spiro atoms. The van der Waals surface area contributed by atoms with E-state index in [4.69, 9.17) is 4.98 Å². The van der Waals surface area contributed by atoms with Gasteiger partial charge in [-0.3, -0.25) is 9.97 Å². The SMILES string of the molecule is CNCc1ccc(-c2cncc(-c3cc(-c4cccc(C)n4)nc4[nH]ccc34)c2)cc1. The van der Waals surface area contributed by atoms with E-state index >= 15 is 0 Å². The molecule has 5 heteroatoms. The van der Waals surface area contributed by atoms with Gasteiger partial charge in [0.2, 0.25) is 0 Å². The number of fused-ring (bicyclic) bond motifs is 1. The highest BCUT2D eigenvalue weighted by molar-refractivity contribution is 5.95. The van der Waals surface area contributed by atoms with Crippen molar-refractivity contribution >= 4 is 11.0 Å². The van der Waals surface area contributed by atoms with Crippen molar-refractivity contribution in [2.75, 3.05) is 7.05 Å². The van der Waals surface area contributed by atoms with Crippen LogP contribution in [-0.2, 0) is 6.54 Å². The molecule has 0 amide bonds. The summed E-state index contributed by atoms with van der Waals surface area (Å²) >= 11 is 0. The molecule has 0 aliphatic carbocycles. The Hall–Kier alpha value is -3.83. The van der Waals surface area contributed by atoms with Crippen LogP contribution in [0.25, 0.3) is 44.7 Å². The van der Waals surface area contributed by atoms with Crippen LogP contribution >= 0.6 is 0 Å². The number of hydrogen-bond acceptors (Lipinski definition) is 4. The third-order valence-electron chi connectivity index (χ3n) is 5.40. The third kappa shape index (κ3) is 3.83. The van der Waals surface area contributed by atoms with Crippen molar-refractivity contribution in [3.8, 4) is 33.6 Å². The van der Waals surface area contributed by atoms with Gasteiger partial charge in [0.15, 0.2) is 0 Å². The molecule has 5 nitrogen and oxygen atoms in total. The highest BCUT2D eigenvalue weighted by Gasteiger charge is 2.12. The van der Waals surface area contributed by atoms with Gasteiger partial charge in [0.1, 0.15) is 5.65 Å². The molecule has 4 aromatic heterocycles. The number of aromatic nitrogens is 4. The van der Waals surface area contributed by atoms with Gasteiger partial charge in [-0.2, -0.15) is 0 Å². The van der Waals surface area contributed by atoms with Gasteiger partial charge in [0.25, 0.3) is 0 Å². The molecule has 31 heavy (non-hydrogen) atoms. The molecule has 0 aliphatic rings. The molecule has 0 saturated carbocycles. The standard InChI is InChI=1S/C26H23N5/c1-17-4-3-5-24(30-17)25-13-23(22-10-11-29-26(22)31-25)21-12-20(15-28-16-21)19-8-6-18(7-9-19)14-27-2/h3-13,15-16,27H,14H2,1-2H3,(H,29,31). The minimum atomic E-state index is 0.843.